The molecule has 6 nitrogen and oxygen atoms in total. The molecule has 0 radical (unpaired) electrons. The molecule has 37 heavy (non-hydrogen) atoms. The van der Waals surface area contributed by atoms with Crippen LogP contribution in [0.1, 0.15) is 30.7 Å². The molecule has 0 N–H and O–H groups in total. The van der Waals surface area contributed by atoms with E-state index in [2.05, 4.69) is 13.8 Å². The van der Waals surface area contributed by atoms with Gasteiger partial charge in [-0.2, -0.15) is 5.10 Å². The van der Waals surface area contributed by atoms with Crippen LogP contribution in [0.15, 0.2) is 82.4 Å². The van der Waals surface area contributed by atoms with Crippen molar-refractivity contribution in [1.29, 1.82) is 0 Å². The van der Waals surface area contributed by atoms with Gasteiger partial charge < -0.3 is 9.15 Å². The van der Waals surface area contributed by atoms with Gasteiger partial charge in [-0.3, -0.25) is 9.69 Å². The Kier molecular flexibility index (Phi) is 7.30. The highest BCUT2D eigenvalue weighted by molar-refractivity contribution is 8.26. The summed E-state index contributed by atoms with van der Waals surface area (Å²) in [5.41, 5.74) is 4.48. The molecule has 3 heterocycles. The zero-order chi connectivity index (χ0) is 25.9. The molecule has 0 unspecified atom stereocenters. The third-order valence-electron chi connectivity index (χ3n) is 5.93. The van der Waals surface area contributed by atoms with Gasteiger partial charge in [-0.15, -0.1) is 0 Å². The van der Waals surface area contributed by atoms with E-state index in [1.54, 1.807) is 17.2 Å². The molecule has 1 saturated heterocycles. The van der Waals surface area contributed by atoms with Crippen LogP contribution in [0.5, 0.6) is 5.75 Å². The molecule has 4 aromatic rings. The zero-order valence-electron chi connectivity index (χ0n) is 20.9. The number of ether oxygens (including phenoxy) is 1. The normalized spacial score (nSPS) is 14.8. The fourth-order valence-electron chi connectivity index (χ4n) is 4.03. The molecule has 0 saturated carbocycles. The number of nitrogens with zero attached hydrogens (tertiary/aromatic N) is 3. The first-order chi connectivity index (χ1) is 17.9. The summed E-state index contributed by atoms with van der Waals surface area (Å²) in [6.45, 7) is 7.23. The number of furan rings is 1. The minimum absolute atomic E-state index is 0.143. The van der Waals surface area contributed by atoms with E-state index >= 15 is 0 Å². The fourth-order valence-corrected chi connectivity index (χ4v) is 5.28. The number of hydrogen-bond donors (Lipinski definition) is 0. The first-order valence-electron chi connectivity index (χ1n) is 12.1. The number of aromatic nitrogens is 2. The van der Waals surface area contributed by atoms with Crippen molar-refractivity contribution in [2.24, 2.45) is 5.92 Å². The van der Waals surface area contributed by atoms with Gasteiger partial charge in [-0.1, -0.05) is 68.2 Å². The minimum Gasteiger partial charge on any atom is -0.493 e. The van der Waals surface area contributed by atoms with Crippen molar-refractivity contribution in [3.63, 3.8) is 0 Å². The lowest BCUT2D eigenvalue weighted by atomic mass is 10.0. The molecular formula is C29H27N3O3S2. The summed E-state index contributed by atoms with van der Waals surface area (Å²) in [5, 5.41) is 4.95. The molecule has 0 spiro atoms. The Bertz CT molecular complexity index is 1460. The summed E-state index contributed by atoms with van der Waals surface area (Å²) < 4.78 is 13.8. The van der Waals surface area contributed by atoms with Gasteiger partial charge in [-0.05, 0) is 49.2 Å². The first-order valence-corrected chi connectivity index (χ1v) is 13.3. The van der Waals surface area contributed by atoms with E-state index in [9.17, 15) is 4.79 Å². The van der Waals surface area contributed by atoms with Crippen LogP contribution in [0.4, 0.5) is 0 Å². The number of amides is 1. The van der Waals surface area contributed by atoms with Crippen LogP contribution in [0.3, 0.4) is 0 Å². The van der Waals surface area contributed by atoms with Crippen molar-refractivity contribution in [2.75, 3.05) is 6.61 Å². The van der Waals surface area contributed by atoms with Crippen molar-refractivity contribution in [3.05, 3.63) is 94.9 Å². The number of para-hydroxylation sites is 1. The highest BCUT2D eigenvalue weighted by Gasteiger charge is 2.33. The van der Waals surface area contributed by atoms with Crippen molar-refractivity contribution in [2.45, 2.75) is 27.3 Å². The van der Waals surface area contributed by atoms with Crippen molar-refractivity contribution in [3.8, 4) is 22.7 Å². The third-order valence-corrected chi connectivity index (χ3v) is 7.31. The predicted octanol–water partition coefficient (Wildman–Crippen LogP) is 6.88. The van der Waals surface area contributed by atoms with Gasteiger partial charge in [0.05, 0.1) is 30.0 Å². The molecule has 2 aromatic carbocycles. The van der Waals surface area contributed by atoms with Crippen LogP contribution in [0.2, 0.25) is 0 Å². The molecule has 0 bridgehead atoms. The van der Waals surface area contributed by atoms with Crippen molar-refractivity contribution in [1.82, 2.24) is 14.7 Å². The van der Waals surface area contributed by atoms with Gasteiger partial charge in [0.1, 0.15) is 21.5 Å². The van der Waals surface area contributed by atoms with Crippen molar-refractivity contribution >= 4 is 40.3 Å². The van der Waals surface area contributed by atoms with Crippen LogP contribution in [0, 0.1) is 12.8 Å². The van der Waals surface area contributed by atoms with Crippen LogP contribution < -0.4 is 4.74 Å². The number of carbonyl (C=O) groups excluding carboxylic acids is 1. The number of thioether (sulfide) groups is 1. The second-order valence-electron chi connectivity index (χ2n) is 9.19. The van der Waals surface area contributed by atoms with Gasteiger partial charge in [0.25, 0.3) is 5.91 Å². The Labute approximate surface area is 225 Å². The number of thiocarbonyl (C=S) groups is 1. The maximum Gasteiger partial charge on any atom is 0.266 e. The van der Waals surface area contributed by atoms with Gasteiger partial charge in [-0.25, -0.2) is 4.68 Å². The molecule has 0 atom stereocenters. The average molecular weight is 530 g/mol. The molecule has 0 aliphatic carbocycles. The number of hydrogen-bond acceptors (Lipinski definition) is 6. The summed E-state index contributed by atoms with van der Waals surface area (Å²) in [7, 11) is 0. The topological polar surface area (TPSA) is 60.5 Å². The van der Waals surface area contributed by atoms with Gasteiger partial charge >= 0.3 is 0 Å². The lowest BCUT2D eigenvalue weighted by Crippen LogP contribution is -2.27. The lowest BCUT2D eigenvalue weighted by molar-refractivity contribution is -0.122. The Hall–Kier alpha value is -3.62. The van der Waals surface area contributed by atoms with Crippen LogP contribution in [0.25, 0.3) is 23.0 Å². The van der Waals surface area contributed by atoms with Gasteiger partial charge in [0.15, 0.2) is 0 Å². The largest absolute Gasteiger partial charge is 0.493 e. The predicted molar refractivity (Wildman–Crippen MR) is 151 cm³/mol. The monoisotopic (exact) mass is 529 g/mol. The molecule has 188 valence electrons. The SMILES string of the molecule is Cc1c(OCC(C)C)cccc1-c1nn(-c2ccccc2)cc1/C=C1\SC(=S)N(Cc2ccco2)C1=O. The molecule has 1 aliphatic rings. The third kappa shape index (κ3) is 5.40. The highest BCUT2D eigenvalue weighted by Crippen LogP contribution is 2.37. The number of benzene rings is 2. The van der Waals surface area contributed by atoms with Gasteiger partial charge in [0, 0.05) is 22.9 Å². The Morgan fingerprint density at radius 3 is 2.65 bits per heavy atom. The smallest absolute Gasteiger partial charge is 0.266 e. The van der Waals surface area contributed by atoms with E-state index in [1.807, 2.05) is 78.5 Å². The van der Waals surface area contributed by atoms with E-state index in [4.69, 9.17) is 26.5 Å². The summed E-state index contributed by atoms with van der Waals surface area (Å²) in [6.07, 6.45) is 5.42. The number of carbonyl (C=O) groups is 1. The summed E-state index contributed by atoms with van der Waals surface area (Å²) in [4.78, 5) is 15.4. The quantitative estimate of drug-likeness (QED) is 0.183. The standard InChI is InChI=1S/C29H27N3O3S2/c1-19(2)18-35-25-13-7-12-24(20(25)3)27-21(16-32(30-27)22-9-5-4-6-10-22)15-26-28(33)31(29(36)37-26)17-23-11-8-14-34-23/h4-16,19H,17-18H2,1-3H3/b26-15-. The summed E-state index contributed by atoms with van der Waals surface area (Å²) >= 11 is 6.82. The zero-order valence-corrected chi connectivity index (χ0v) is 22.5. The maximum absolute atomic E-state index is 13.3. The molecule has 1 fully saturated rings. The van der Waals surface area contributed by atoms with E-state index < -0.39 is 0 Å². The molecule has 5 rings (SSSR count). The summed E-state index contributed by atoms with van der Waals surface area (Å²) in [5.74, 6) is 1.79. The van der Waals surface area contributed by atoms with E-state index in [0.717, 1.165) is 33.8 Å². The molecule has 1 aliphatic heterocycles. The highest BCUT2D eigenvalue weighted by atomic mass is 32.2. The lowest BCUT2D eigenvalue weighted by Gasteiger charge is -2.14. The van der Waals surface area contributed by atoms with Crippen LogP contribution in [-0.2, 0) is 11.3 Å². The van der Waals surface area contributed by atoms with Crippen LogP contribution in [-0.4, -0.2) is 31.5 Å². The first kappa shape index (κ1) is 25.0. The summed E-state index contributed by atoms with van der Waals surface area (Å²) in [6, 6.07) is 19.5. The maximum atomic E-state index is 13.3. The Balaban J connectivity index is 1.55. The minimum atomic E-state index is -0.143. The second-order valence-corrected chi connectivity index (χ2v) is 10.9. The van der Waals surface area contributed by atoms with Gasteiger partial charge in [0.2, 0.25) is 0 Å². The molecule has 1 amide bonds. The van der Waals surface area contributed by atoms with E-state index in [1.165, 1.54) is 11.8 Å². The number of rotatable bonds is 8. The Morgan fingerprint density at radius 1 is 1.11 bits per heavy atom. The van der Waals surface area contributed by atoms with E-state index in [-0.39, 0.29) is 5.91 Å². The van der Waals surface area contributed by atoms with Crippen molar-refractivity contribution < 1.29 is 13.9 Å². The fraction of sp³-hybridized carbons (Fsp3) is 0.207. The molecular weight excluding hydrogens is 502 g/mol. The van der Waals surface area contributed by atoms with Crippen LogP contribution >= 0.6 is 24.0 Å². The van der Waals surface area contributed by atoms with E-state index in [0.29, 0.717) is 34.1 Å². The molecule has 2 aromatic heterocycles. The Morgan fingerprint density at radius 2 is 1.92 bits per heavy atom. The average Bonchev–Trinajstić information content (AvgIpc) is 3.61. The molecule has 8 heteroatoms. The second kappa shape index (κ2) is 10.8.